The number of carbonyl (C=O) groups is 1. The number of hydrogen-bond donors (Lipinski definition) is 0. The number of benzene rings is 2. The van der Waals surface area contributed by atoms with Gasteiger partial charge in [-0.2, -0.15) is 0 Å². The van der Waals surface area contributed by atoms with Gasteiger partial charge in [0.05, 0.1) is 23.7 Å². The average Bonchev–Trinajstić information content (AvgIpc) is 2.91. The number of ether oxygens (including phenoxy) is 1. The van der Waals surface area contributed by atoms with Crippen molar-refractivity contribution in [2.45, 2.75) is 97.3 Å². The molecule has 0 aliphatic heterocycles. The van der Waals surface area contributed by atoms with E-state index in [4.69, 9.17) is 4.74 Å². The van der Waals surface area contributed by atoms with E-state index in [9.17, 15) is 9.18 Å². The Morgan fingerprint density at radius 2 is 1.32 bits per heavy atom. The van der Waals surface area contributed by atoms with Crippen LogP contribution in [0.15, 0.2) is 54.9 Å². The van der Waals surface area contributed by atoms with E-state index in [-0.39, 0.29) is 11.4 Å². The third kappa shape index (κ3) is 9.71. The molecule has 0 atom stereocenters. The van der Waals surface area contributed by atoms with Crippen LogP contribution in [0.5, 0.6) is 5.88 Å². The normalized spacial score (nSPS) is 11.0. The fourth-order valence-electron chi connectivity index (χ4n) is 4.43. The fraction of sp³-hybridized carbons (Fsp3) is 0.469. The monoisotopic (exact) mass is 504 g/mol. The molecule has 37 heavy (non-hydrogen) atoms. The summed E-state index contributed by atoms with van der Waals surface area (Å²) in [6.07, 6.45) is 18.3. The van der Waals surface area contributed by atoms with Gasteiger partial charge in [-0.15, -0.1) is 0 Å². The van der Waals surface area contributed by atoms with Gasteiger partial charge in [-0.3, -0.25) is 0 Å². The summed E-state index contributed by atoms with van der Waals surface area (Å²) in [5, 5.41) is 0. The molecule has 0 fully saturated rings. The molecule has 4 nitrogen and oxygen atoms in total. The average molecular weight is 505 g/mol. The third-order valence-electron chi connectivity index (χ3n) is 6.72. The van der Waals surface area contributed by atoms with E-state index in [1.54, 1.807) is 12.3 Å². The second kappa shape index (κ2) is 15.9. The number of rotatable bonds is 16. The molecule has 0 saturated carbocycles. The van der Waals surface area contributed by atoms with Crippen LogP contribution in [0, 0.1) is 5.82 Å². The molecule has 5 heteroatoms. The molecule has 1 heterocycles. The summed E-state index contributed by atoms with van der Waals surface area (Å²) in [6.45, 7) is 4.43. The van der Waals surface area contributed by atoms with Crippen molar-refractivity contribution in [2.75, 3.05) is 0 Å². The van der Waals surface area contributed by atoms with Gasteiger partial charge in [-0.05, 0) is 48.9 Å². The van der Waals surface area contributed by atoms with Crippen LogP contribution >= 0.6 is 0 Å². The lowest BCUT2D eigenvalue weighted by Crippen LogP contribution is -2.12. The molecule has 0 aliphatic rings. The predicted molar refractivity (Wildman–Crippen MR) is 148 cm³/mol. The summed E-state index contributed by atoms with van der Waals surface area (Å²) in [6, 6.07) is 13.1. The van der Waals surface area contributed by atoms with Crippen LogP contribution in [-0.4, -0.2) is 15.9 Å². The Kier molecular flexibility index (Phi) is 12.2. The Morgan fingerprint density at radius 3 is 1.95 bits per heavy atom. The highest BCUT2D eigenvalue weighted by molar-refractivity contribution is 5.91. The lowest BCUT2D eigenvalue weighted by Gasteiger charge is -2.08. The number of aryl methyl sites for hydroxylation is 2. The number of esters is 1. The zero-order valence-corrected chi connectivity index (χ0v) is 22.5. The van der Waals surface area contributed by atoms with E-state index in [1.807, 2.05) is 12.1 Å². The molecule has 0 radical (unpaired) electrons. The van der Waals surface area contributed by atoms with Gasteiger partial charge in [0.1, 0.15) is 5.82 Å². The summed E-state index contributed by atoms with van der Waals surface area (Å²) < 4.78 is 19.9. The van der Waals surface area contributed by atoms with Crippen molar-refractivity contribution in [1.29, 1.82) is 0 Å². The highest BCUT2D eigenvalue weighted by Crippen LogP contribution is 2.21. The van der Waals surface area contributed by atoms with E-state index >= 15 is 0 Å². The first-order valence-corrected chi connectivity index (χ1v) is 14.0. The van der Waals surface area contributed by atoms with Crippen LogP contribution in [-0.2, 0) is 12.8 Å². The Labute approximate surface area is 221 Å². The van der Waals surface area contributed by atoms with Gasteiger partial charge in [0.15, 0.2) is 0 Å². The Morgan fingerprint density at radius 1 is 0.730 bits per heavy atom. The number of unbranched alkanes of at least 4 members (excludes halogenated alkanes) is 9. The van der Waals surface area contributed by atoms with E-state index in [0.29, 0.717) is 5.69 Å². The minimum absolute atomic E-state index is 0.0489. The number of hydrogen-bond acceptors (Lipinski definition) is 4. The predicted octanol–water partition coefficient (Wildman–Crippen LogP) is 8.92. The van der Waals surface area contributed by atoms with Crippen molar-refractivity contribution in [1.82, 2.24) is 9.97 Å². The number of aromatic nitrogens is 2. The number of nitrogens with zero attached hydrogens (tertiary/aromatic N) is 2. The second-order valence-corrected chi connectivity index (χ2v) is 9.82. The molecule has 0 saturated heterocycles. The van der Waals surface area contributed by atoms with Crippen molar-refractivity contribution in [3.63, 3.8) is 0 Å². The van der Waals surface area contributed by atoms with Gasteiger partial charge in [-0.1, -0.05) is 102 Å². The summed E-state index contributed by atoms with van der Waals surface area (Å²) in [7, 11) is 0. The van der Waals surface area contributed by atoms with Gasteiger partial charge in [0.2, 0.25) is 5.88 Å². The maximum atomic E-state index is 14.6. The standard InChI is InChI=1S/C32H41FN2O2/c1-3-5-7-9-10-11-13-15-26-18-21-28(29(33)22-26)32(36)37-31-24-34-30(23-35-31)27-19-16-25(17-20-27)14-12-8-6-4-2/h16-24H,3-15H2,1-2H3. The quantitative estimate of drug-likeness (QED) is 0.144. The smallest absolute Gasteiger partial charge is 0.347 e. The second-order valence-electron chi connectivity index (χ2n) is 9.82. The molecule has 3 rings (SSSR count). The highest BCUT2D eigenvalue weighted by atomic mass is 19.1. The van der Waals surface area contributed by atoms with Crippen molar-refractivity contribution in [3.8, 4) is 17.1 Å². The van der Waals surface area contributed by atoms with Crippen molar-refractivity contribution in [2.24, 2.45) is 0 Å². The third-order valence-corrected chi connectivity index (χ3v) is 6.72. The molecule has 1 aromatic heterocycles. The molecule has 0 spiro atoms. The zero-order chi connectivity index (χ0) is 26.3. The molecule has 0 bridgehead atoms. The molecule has 0 aliphatic carbocycles. The van der Waals surface area contributed by atoms with Crippen LogP contribution in [0.4, 0.5) is 4.39 Å². The first-order chi connectivity index (χ1) is 18.1. The van der Waals surface area contributed by atoms with E-state index in [1.165, 1.54) is 81.7 Å². The summed E-state index contributed by atoms with van der Waals surface area (Å²) in [4.78, 5) is 21.1. The molecular formula is C32H41FN2O2. The number of halogens is 1. The van der Waals surface area contributed by atoms with Crippen LogP contribution in [0.2, 0.25) is 0 Å². The fourth-order valence-corrected chi connectivity index (χ4v) is 4.43. The molecule has 0 N–H and O–H groups in total. The lowest BCUT2D eigenvalue weighted by atomic mass is 10.0. The van der Waals surface area contributed by atoms with Gasteiger partial charge in [0, 0.05) is 5.56 Å². The van der Waals surface area contributed by atoms with E-state index < -0.39 is 11.8 Å². The lowest BCUT2D eigenvalue weighted by molar-refractivity contribution is 0.0722. The number of carbonyl (C=O) groups excluding carboxylic acids is 1. The summed E-state index contributed by atoms with van der Waals surface area (Å²) >= 11 is 0. The maximum Gasteiger partial charge on any atom is 0.347 e. The Hall–Kier alpha value is -3.08. The Balaban J connectivity index is 1.48. The SMILES string of the molecule is CCCCCCCCCc1ccc(C(=O)Oc2cnc(-c3ccc(CCCCCC)cc3)cn2)c(F)c1. The molecule has 3 aromatic rings. The van der Waals surface area contributed by atoms with Gasteiger partial charge < -0.3 is 4.74 Å². The molecule has 198 valence electrons. The van der Waals surface area contributed by atoms with Crippen LogP contribution < -0.4 is 4.74 Å². The molecular weight excluding hydrogens is 463 g/mol. The van der Waals surface area contributed by atoms with Crippen LogP contribution in [0.3, 0.4) is 0 Å². The van der Waals surface area contributed by atoms with Crippen molar-refractivity contribution < 1.29 is 13.9 Å². The molecule has 0 unspecified atom stereocenters. The van der Waals surface area contributed by atoms with E-state index in [0.717, 1.165) is 36.8 Å². The van der Waals surface area contributed by atoms with Crippen LogP contribution in [0.25, 0.3) is 11.3 Å². The Bertz CT molecular complexity index is 1080. The van der Waals surface area contributed by atoms with Crippen LogP contribution in [0.1, 0.15) is 106 Å². The van der Waals surface area contributed by atoms with Gasteiger partial charge in [-0.25, -0.2) is 19.2 Å². The zero-order valence-electron chi connectivity index (χ0n) is 22.5. The van der Waals surface area contributed by atoms with Gasteiger partial charge >= 0.3 is 5.97 Å². The first-order valence-electron chi connectivity index (χ1n) is 14.0. The maximum absolute atomic E-state index is 14.6. The first kappa shape index (κ1) is 28.5. The highest BCUT2D eigenvalue weighted by Gasteiger charge is 2.16. The molecule has 0 amide bonds. The van der Waals surface area contributed by atoms with Crippen molar-refractivity contribution in [3.05, 3.63) is 77.4 Å². The topological polar surface area (TPSA) is 52.1 Å². The molecule has 2 aromatic carbocycles. The summed E-state index contributed by atoms with van der Waals surface area (Å²) in [5.41, 5.74) is 3.76. The van der Waals surface area contributed by atoms with E-state index in [2.05, 4.69) is 35.9 Å². The van der Waals surface area contributed by atoms with Gasteiger partial charge in [0.25, 0.3) is 0 Å². The largest absolute Gasteiger partial charge is 0.402 e. The minimum atomic E-state index is -0.769. The summed E-state index contributed by atoms with van der Waals surface area (Å²) in [5.74, 6) is -1.29. The van der Waals surface area contributed by atoms with Crippen molar-refractivity contribution >= 4 is 5.97 Å². The minimum Gasteiger partial charge on any atom is -0.402 e.